The number of hydrogen-bond donors (Lipinski definition) is 1. The van der Waals surface area contributed by atoms with Crippen molar-refractivity contribution in [3.63, 3.8) is 0 Å². The van der Waals surface area contributed by atoms with E-state index in [1.807, 2.05) is 24.3 Å². The Morgan fingerprint density at radius 2 is 1.35 bits per heavy atom. The highest BCUT2D eigenvalue weighted by molar-refractivity contribution is 6.30. The van der Waals surface area contributed by atoms with E-state index in [4.69, 9.17) is 17.3 Å². The second-order valence-corrected chi connectivity index (χ2v) is 6.21. The molecule has 0 fully saturated rings. The lowest BCUT2D eigenvalue weighted by atomic mass is 9.96. The monoisotopic (exact) mass is 287 g/mol. The highest BCUT2D eigenvalue weighted by Crippen LogP contribution is 2.19. The fourth-order valence-electron chi connectivity index (χ4n) is 2.36. The lowest BCUT2D eigenvalue weighted by Crippen LogP contribution is -2.13. The van der Waals surface area contributed by atoms with E-state index in [-0.39, 0.29) is 6.04 Å². The summed E-state index contributed by atoms with van der Waals surface area (Å²) in [5.41, 5.74) is 10.1. The van der Waals surface area contributed by atoms with Crippen LogP contribution >= 0.6 is 11.6 Å². The van der Waals surface area contributed by atoms with Crippen molar-refractivity contribution in [2.45, 2.75) is 32.7 Å². The predicted octanol–water partition coefficient (Wildman–Crippen LogP) is 4.78. The van der Waals surface area contributed by atoms with E-state index in [1.165, 1.54) is 16.7 Å². The molecule has 1 atom stereocenters. The second kappa shape index (κ2) is 6.92. The van der Waals surface area contributed by atoms with Gasteiger partial charge in [-0.1, -0.05) is 61.8 Å². The summed E-state index contributed by atoms with van der Waals surface area (Å²) in [5, 5.41) is 0.764. The number of benzene rings is 2. The van der Waals surface area contributed by atoms with E-state index in [1.54, 1.807) is 0 Å². The average molecular weight is 288 g/mol. The molecule has 20 heavy (non-hydrogen) atoms. The minimum atomic E-state index is 0.0317. The van der Waals surface area contributed by atoms with E-state index in [0.717, 1.165) is 17.9 Å². The van der Waals surface area contributed by atoms with Crippen molar-refractivity contribution in [3.8, 4) is 0 Å². The standard InChI is InChI=1S/C18H22ClN/c1-13(2)11-14-3-7-16(8-4-14)18(20)12-15-5-9-17(19)10-6-15/h3-10,13,18H,11-12,20H2,1-2H3. The van der Waals surface area contributed by atoms with Crippen LogP contribution in [0.3, 0.4) is 0 Å². The number of rotatable bonds is 5. The van der Waals surface area contributed by atoms with Crippen molar-refractivity contribution in [2.24, 2.45) is 11.7 Å². The zero-order valence-electron chi connectivity index (χ0n) is 12.1. The van der Waals surface area contributed by atoms with Crippen LogP contribution in [-0.2, 0) is 12.8 Å². The molecule has 0 aromatic heterocycles. The maximum atomic E-state index is 6.28. The summed E-state index contributed by atoms with van der Waals surface area (Å²) in [6.45, 7) is 4.47. The van der Waals surface area contributed by atoms with Crippen molar-refractivity contribution >= 4 is 11.6 Å². The van der Waals surface area contributed by atoms with Crippen molar-refractivity contribution in [1.82, 2.24) is 0 Å². The van der Waals surface area contributed by atoms with Gasteiger partial charge in [-0.2, -0.15) is 0 Å². The number of halogens is 1. The molecular weight excluding hydrogens is 266 g/mol. The Kier molecular flexibility index (Phi) is 5.22. The molecule has 2 aromatic rings. The molecule has 0 aliphatic rings. The first-order valence-corrected chi connectivity index (χ1v) is 7.51. The smallest absolute Gasteiger partial charge is 0.0406 e. The minimum Gasteiger partial charge on any atom is -0.324 e. The zero-order valence-corrected chi connectivity index (χ0v) is 12.9. The second-order valence-electron chi connectivity index (χ2n) is 5.78. The van der Waals surface area contributed by atoms with Crippen LogP contribution in [0.5, 0.6) is 0 Å². The summed E-state index contributed by atoms with van der Waals surface area (Å²) < 4.78 is 0. The maximum Gasteiger partial charge on any atom is 0.0406 e. The molecule has 0 heterocycles. The number of hydrogen-bond acceptors (Lipinski definition) is 1. The van der Waals surface area contributed by atoms with Crippen LogP contribution in [0, 0.1) is 5.92 Å². The molecule has 2 rings (SSSR count). The molecule has 0 aliphatic carbocycles. The molecule has 2 heteroatoms. The van der Waals surface area contributed by atoms with E-state index in [0.29, 0.717) is 5.92 Å². The summed E-state index contributed by atoms with van der Waals surface area (Å²) in [6, 6.07) is 16.6. The van der Waals surface area contributed by atoms with Crippen molar-refractivity contribution in [1.29, 1.82) is 0 Å². The Hall–Kier alpha value is -1.31. The Labute approximate surface area is 126 Å². The van der Waals surface area contributed by atoms with Crippen LogP contribution in [-0.4, -0.2) is 0 Å². The van der Waals surface area contributed by atoms with Gasteiger partial charge < -0.3 is 5.73 Å². The molecular formula is C18H22ClN. The summed E-state index contributed by atoms with van der Waals surface area (Å²) in [5.74, 6) is 0.684. The minimum absolute atomic E-state index is 0.0317. The normalized spacial score (nSPS) is 12.7. The van der Waals surface area contributed by atoms with Gasteiger partial charge in [0, 0.05) is 11.1 Å². The zero-order chi connectivity index (χ0) is 14.5. The molecule has 0 saturated heterocycles. The van der Waals surface area contributed by atoms with Gasteiger partial charge in [-0.15, -0.1) is 0 Å². The predicted molar refractivity (Wildman–Crippen MR) is 87.1 cm³/mol. The topological polar surface area (TPSA) is 26.0 Å². The molecule has 1 nitrogen and oxygen atoms in total. The first-order valence-electron chi connectivity index (χ1n) is 7.13. The molecule has 0 aliphatic heterocycles. The Balaban J connectivity index is 2.01. The molecule has 1 unspecified atom stereocenters. The lowest BCUT2D eigenvalue weighted by molar-refractivity contribution is 0.646. The summed E-state index contributed by atoms with van der Waals surface area (Å²) in [6.07, 6.45) is 1.95. The van der Waals surface area contributed by atoms with Gasteiger partial charge in [0.2, 0.25) is 0 Å². The quantitative estimate of drug-likeness (QED) is 0.841. The molecule has 0 spiro atoms. The number of nitrogens with two attached hydrogens (primary N) is 1. The molecule has 2 aromatic carbocycles. The molecule has 0 radical (unpaired) electrons. The Bertz CT molecular complexity index is 528. The van der Waals surface area contributed by atoms with Crippen LogP contribution in [0.1, 0.15) is 36.6 Å². The summed E-state index contributed by atoms with van der Waals surface area (Å²) >= 11 is 5.89. The summed E-state index contributed by atoms with van der Waals surface area (Å²) in [4.78, 5) is 0. The van der Waals surface area contributed by atoms with Crippen molar-refractivity contribution < 1.29 is 0 Å². The van der Waals surface area contributed by atoms with Gasteiger partial charge >= 0.3 is 0 Å². The molecule has 0 amide bonds. The van der Waals surface area contributed by atoms with Crippen LogP contribution in [0.15, 0.2) is 48.5 Å². The van der Waals surface area contributed by atoms with Gasteiger partial charge in [-0.25, -0.2) is 0 Å². The SMILES string of the molecule is CC(C)Cc1ccc(C(N)Cc2ccc(Cl)cc2)cc1. The lowest BCUT2D eigenvalue weighted by Gasteiger charge is -2.13. The van der Waals surface area contributed by atoms with Gasteiger partial charge in [-0.05, 0) is 47.6 Å². The van der Waals surface area contributed by atoms with Crippen molar-refractivity contribution in [3.05, 3.63) is 70.2 Å². The third-order valence-corrected chi connectivity index (χ3v) is 3.67. The van der Waals surface area contributed by atoms with Crippen LogP contribution in [0.4, 0.5) is 0 Å². The van der Waals surface area contributed by atoms with E-state index >= 15 is 0 Å². The van der Waals surface area contributed by atoms with Gasteiger partial charge in [0.25, 0.3) is 0 Å². The van der Waals surface area contributed by atoms with E-state index in [9.17, 15) is 0 Å². The third kappa shape index (κ3) is 4.36. The highest BCUT2D eigenvalue weighted by atomic mass is 35.5. The maximum absolute atomic E-state index is 6.28. The molecule has 0 saturated carbocycles. The largest absolute Gasteiger partial charge is 0.324 e. The third-order valence-electron chi connectivity index (χ3n) is 3.42. The molecule has 106 valence electrons. The highest BCUT2D eigenvalue weighted by Gasteiger charge is 2.07. The Morgan fingerprint density at radius 3 is 1.90 bits per heavy atom. The van der Waals surface area contributed by atoms with Crippen molar-refractivity contribution in [2.75, 3.05) is 0 Å². The summed E-state index contributed by atoms with van der Waals surface area (Å²) in [7, 11) is 0. The van der Waals surface area contributed by atoms with E-state index in [2.05, 4.69) is 38.1 Å². The van der Waals surface area contributed by atoms with Crippen LogP contribution in [0.2, 0.25) is 5.02 Å². The first-order chi connectivity index (χ1) is 9.54. The van der Waals surface area contributed by atoms with Gasteiger partial charge in [0.1, 0.15) is 0 Å². The molecule has 0 bridgehead atoms. The Morgan fingerprint density at radius 1 is 0.850 bits per heavy atom. The van der Waals surface area contributed by atoms with Crippen LogP contribution < -0.4 is 5.73 Å². The van der Waals surface area contributed by atoms with E-state index < -0.39 is 0 Å². The van der Waals surface area contributed by atoms with Gasteiger partial charge in [0.15, 0.2) is 0 Å². The van der Waals surface area contributed by atoms with Gasteiger partial charge in [-0.3, -0.25) is 0 Å². The first kappa shape index (κ1) is 15.1. The fourth-order valence-corrected chi connectivity index (χ4v) is 2.49. The average Bonchev–Trinajstić information content (AvgIpc) is 2.41. The van der Waals surface area contributed by atoms with Gasteiger partial charge in [0.05, 0.1) is 0 Å². The fraction of sp³-hybridized carbons (Fsp3) is 0.333. The molecule has 2 N–H and O–H groups in total. The van der Waals surface area contributed by atoms with Crippen LogP contribution in [0.25, 0.3) is 0 Å².